The Hall–Kier alpha value is -1.72. The number of aryl methyl sites for hydroxylation is 1. The second-order valence-electron chi connectivity index (χ2n) is 6.30. The first-order valence-electron chi connectivity index (χ1n) is 8.79. The number of nitrogen functional groups attached to an aromatic ring is 1. The highest BCUT2D eigenvalue weighted by molar-refractivity contribution is 14.1. The van der Waals surface area contributed by atoms with E-state index in [1.807, 2.05) is 6.07 Å². The molecule has 1 aromatic carbocycles. The number of imidazole rings is 1. The van der Waals surface area contributed by atoms with Gasteiger partial charge in [0.1, 0.15) is 6.33 Å². The molecule has 1 aliphatic rings. The third-order valence-corrected chi connectivity index (χ3v) is 6.88. The molecule has 0 atom stereocenters. The minimum atomic E-state index is 0.221. The van der Waals surface area contributed by atoms with Gasteiger partial charge in [0.25, 0.3) is 0 Å². The normalized spacial score (nSPS) is 13.5. The van der Waals surface area contributed by atoms with E-state index in [0.29, 0.717) is 17.8 Å². The number of nitrogens with two attached hydrogens (primary N) is 1. The molecule has 3 aromatic rings. The summed E-state index contributed by atoms with van der Waals surface area (Å²) in [5, 5.41) is 4.13. The SMILES string of the molecule is CCNCCn1c(Sc2cc3c(cc2I)CCC3=O)nc2c(N)ncnc21. The Morgan fingerprint density at radius 2 is 2.19 bits per heavy atom. The highest BCUT2D eigenvalue weighted by Gasteiger charge is 2.23. The van der Waals surface area contributed by atoms with E-state index in [9.17, 15) is 4.79 Å². The van der Waals surface area contributed by atoms with Crippen molar-refractivity contribution in [3.05, 3.63) is 33.2 Å². The number of aromatic nitrogens is 4. The van der Waals surface area contributed by atoms with Gasteiger partial charge in [-0.25, -0.2) is 15.0 Å². The lowest BCUT2D eigenvalue weighted by molar-refractivity contribution is 0.0994. The van der Waals surface area contributed by atoms with E-state index >= 15 is 0 Å². The Morgan fingerprint density at radius 1 is 1.33 bits per heavy atom. The number of ketones is 1. The van der Waals surface area contributed by atoms with Crippen molar-refractivity contribution in [3.8, 4) is 0 Å². The fraction of sp³-hybridized carbons (Fsp3) is 0.333. The number of hydrogen-bond donors (Lipinski definition) is 2. The molecule has 140 valence electrons. The number of fused-ring (bicyclic) bond motifs is 2. The molecule has 7 nitrogen and oxygen atoms in total. The van der Waals surface area contributed by atoms with Crippen LogP contribution in [0.15, 0.2) is 28.5 Å². The van der Waals surface area contributed by atoms with E-state index in [1.165, 1.54) is 6.33 Å². The summed E-state index contributed by atoms with van der Waals surface area (Å²) < 4.78 is 3.18. The summed E-state index contributed by atoms with van der Waals surface area (Å²) in [7, 11) is 0. The fourth-order valence-electron chi connectivity index (χ4n) is 3.20. The van der Waals surface area contributed by atoms with E-state index in [2.05, 4.69) is 55.4 Å². The molecular formula is C18H19IN6OS. The molecule has 0 spiro atoms. The monoisotopic (exact) mass is 494 g/mol. The van der Waals surface area contributed by atoms with Gasteiger partial charge in [0, 0.05) is 33.5 Å². The Bertz CT molecular complexity index is 1030. The summed E-state index contributed by atoms with van der Waals surface area (Å²) in [6.07, 6.45) is 2.91. The van der Waals surface area contributed by atoms with E-state index in [0.717, 1.165) is 56.5 Å². The van der Waals surface area contributed by atoms with Crippen LogP contribution in [0.25, 0.3) is 11.2 Å². The zero-order valence-electron chi connectivity index (χ0n) is 14.8. The summed E-state index contributed by atoms with van der Waals surface area (Å²) >= 11 is 3.87. The summed E-state index contributed by atoms with van der Waals surface area (Å²) in [6.45, 7) is 4.51. The van der Waals surface area contributed by atoms with Gasteiger partial charge in [-0.2, -0.15) is 0 Å². The highest BCUT2D eigenvalue weighted by atomic mass is 127. The number of Topliss-reactive ketones (excluding diaryl/α,β-unsaturated/α-hetero) is 1. The first-order valence-corrected chi connectivity index (χ1v) is 10.7. The van der Waals surface area contributed by atoms with Crippen LogP contribution in [-0.4, -0.2) is 38.4 Å². The first kappa shape index (κ1) is 18.6. The molecule has 0 aliphatic heterocycles. The first-order chi connectivity index (χ1) is 13.1. The van der Waals surface area contributed by atoms with Gasteiger partial charge in [-0.15, -0.1) is 0 Å². The number of nitrogens with one attached hydrogen (secondary N) is 1. The van der Waals surface area contributed by atoms with Crippen molar-refractivity contribution in [1.29, 1.82) is 0 Å². The molecule has 0 amide bonds. The number of anilines is 1. The molecule has 3 N–H and O–H groups in total. The van der Waals surface area contributed by atoms with Gasteiger partial charge in [-0.1, -0.05) is 18.7 Å². The second kappa shape index (κ2) is 7.72. The zero-order valence-corrected chi connectivity index (χ0v) is 17.8. The molecule has 0 unspecified atom stereocenters. The molecule has 2 heterocycles. The summed E-state index contributed by atoms with van der Waals surface area (Å²) in [5.41, 5.74) is 9.34. The largest absolute Gasteiger partial charge is 0.382 e. The maximum absolute atomic E-state index is 12.1. The number of hydrogen-bond acceptors (Lipinski definition) is 7. The molecule has 0 saturated carbocycles. The lowest BCUT2D eigenvalue weighted by Crippen LogP contribution is -2.19. The van der Waals surface area contributed by atoms with Gasteiger partial charge < -0.3 is 15.6 Å². The van der Waals surface area contributed by atoms with Crippen LogP contribution in [0.4, 0.5) is 5.82 Å². The maximum Gasteiger partial charge on any atom is 0.175 e. The smallest absolute Gasteiger partial charge is 0.175 e. The number of halogens is 1. The quantitative estimate of drug-likeness (QED) is 0.402. The van der Waals surface area contributed by atoms with Gasteiger partial charge in [0.2, 0.25) is 0 Å². The van der Waals surface area contributed by atoms with Gasteiger partial charge >= 0.3 is 0 Å². The molecule has 4 rings (SSSR count). The topological polar surface area (TPSA) is 98.7 Å². The predicted molar refractivity (Wildman–Crippen MR) is 114 cm³/mol. The molecule has 1 aliphatic carbocycles. The van der Waals surface area contributed by atoms with Crippen LogP contribution in [0.5, 0.6) is 0 Å². The maximum atomic E-state index is 12.1. The van der Waals surface area contributed by atoms with Crippen LogP contribution in [0.1, 0.15) is 29.3 Å². The van der Waals surface area contributed by atoms with E-state index in [4.69, 9.17) is 10.7 Å². The minimum absolute atomic E-state index is 0.221. The van der Waals surface area contributed by atoms with Gasteiger partial charge in [-0.05, 0) is 53.3 Å². The van der Waals surface area contributed by atoms with E-state index in [1.54, 1.807) is 11.8 Å². The lowest BCUT2D eigenvalue weighted by Gasteiger charge is -2.10. The Labute approximate surface area is 174 Å². The highest BCUT2D eigenvalue weighted by Crippen LogP contribution is 2.36. The van der Waals surface area contributed by atoms with Crippen molar-refractivity contribution >= 4 is 57.1 Å². The third kappa shape index (κ3) is 3.55. The van der Waals surface area contributed by atoms with Crippen molar-refractivity contribution in [2.24, 2.45) is 0 Å². The Morgan fingerprint density at radius 3 is 3.00 bits per heavy atom. The van der Waals surface area contributed by atoms with Crippen LogP contribution >= 0.6 is 34.4 Å². The number of likely N-dealkylation sites (N-methyl/N-ethyl adjacent to an activating group) is 1. The summed E-state index contributed by atoms with van der Waals surface area (Å²) in [4.78, 5) is 26.3. The molecule has 27 heavy (non-hydrogen) atoms. The predicted octanol–water partition coefficient (Wildman–Crippen LogP) is 2.90. The van der Waals surface area contributed by atoms with Crippen molar-refractivity contribution in [2.45, 2.75) is 36.4 Å². The second-order valence-corrected chi connectivity index (χ2v) is 8.47. The minimum Gasteiger partial charge on any atom is -0.382 e. The molecule has 0 radical (unpaired) electrons. The van der Waals surface area contributed by atoms with Crippen molar-refractivity contribution in [2.75, 3.05) is 18.8 Å². The molecule has 2 aromatic heterocycles. The van der Waals surface area contributed by atoms with Crippen molar-refractivity contribution in [3.63, 3.8) is 0 Å². The van der Waals surface area contributed by atoms with Crippen LogP contribution in [-0.2, 0) is 13.0 Å². The van der Waals surface area contributed by atoms with Gasteiger partial charge in [0.05, 0.1) is 0 Å². The van der Waals surface area contributed by atoms with Crippen LogP contribution in [0, 0.1) is 3.57 Å². The molecule has 0 saturated heterocycles. The average Bonchev–Trinajstić information content (AvgIpc) is 3.18. The standard InChI is InChI=1S/C18H19IN6OS/c1-2-21-5-6-25-17-15(16(20)22-9-23-17)24-18(25)27-14-8-11-10(7-12(14)19)3-4-13(11)26/h7-9,21H,2-6H2,1H3,(H2,20,22,23). The summed E-state index contributed by atoms with van der Waals surface area (Å²) in [6, 6.07) is 4.11. The molecule has 0 bridgehead atoms. The van der Waals surface area contributed by atoms with Crippen LogP contribution < -0.4 is 11.1 Å². The average molecular weight is 494 g/mol. The van der Waals surface area contributed by atoms with E-state index in [-0.39, 0.29) is 5.78 Å². The Balaban J connectivity index is 1.75. The molecular weight excluding hydrogens is 475 g/mol. The molecule has 0 fully saturated rings. The zero-order chi connectivity index (χ0) is 19.0. The fourth-order valence-corrected chi connectivity index (χ4v) is 5.02. The third-order valence-electron chi connectivity index (χ3n) is 4.57. The number of benzene rings is 1. The lowest BCUT2D eigenvalue weighted by atomic mass is 10.1. The van der Waals surface area contributed by atoms with Gasteiger partial charge in [-0.3, -0.25) is 4.79 Å². The molecule has 9 heteroatoms. The van der Waals surface area contributed by atoms with Crippen LogP contribution in [0.3, 0.4) is 0 Å². The van der Waals surface area contributed by atoms with E-state index < -0.39 is 0 Å². The Kier molecular flexibility index (Phi) is 5.33. The number of rotatable bonds is 6. The number of carbonyl (C=O) groups is 1. The van der Waals surface area contributed by atoms with Crippen molar-refractivity contribution < 1.29 is 4.79 Å². The number of nitrogens with zero attached hydrogens (tertiary/aromatic N) is 4. The van der Waals surface area contributed by atoms with Gasteiger partial charge in [0.15, 0.2) is 27.9 Å². The number of carbonyl (C=O) groups excluding carboxylic acids is 1. The van der Waals surface area contributed by atoms with Crippen molar-refractivity contribution in [1.82, 2.24) is 24.8 Å². The van der Waals surface area contributed by atoms with Crippen LogP contribution in [0.2, 0.25) is 0 Å². The summed E-state index contributed by atoms with van der Waals surface area (Å²) in [5.74, 6) is 0.599.